The molecular weight excluding hydrogens is 188 g/mol. The van der Waals surface area contributed by atoms with E-state index in [0.717, 1.165) is 12.8 Å². The zero-order valence-electron chi connectivity index (χ0n) is 8.07. The van der Waals surface area contributed by atoms with Crippen molar-refractivity contribution in [1.29, 1.82) is 0 Å². The molecule has 1 saturated heterocycles. The van der Waals surface area contributed by atoms with Crippen molar-refractivity contribution in [1.82, 2.24) is 4.31 Å². The van der Waals surface area contributed by atoms with Crippen LogP contribution in [0.3, 0.4) is 0 Å². The van der Waals surface area contributed by atoms with Crippen LogP contribution >= 0.6 is 0 Å². The van der Waals surface area contributed by atoms with Crippen LogP contribution in [0.5, 0.6) is 0 Å². The molecule has 78 valence electrons. The molecule has 0 radical (unpaired) electrons. The third-order valence-electron chi connectivity index (χ3n) is 2.39. The van der Waals surface area contributed by atoms with Crippen molar-refractivity contribution in [3.8, 4) is 0 Å². The Morgan fingerprint density at radius 1 is 1.54 bits per heavy atom. The Morgan fingerprint density at radius 2 is 2.23 bits per heavy atom. The minimum absolute atomic E-state index is 0.0831. The molecule has 1 fully saturated rings. The highest BCUT2D eigenvalue weighted by Crippen LogP contribution is 2.18. The summed E-state index contributed by atoms with van der Waals surface area (Å²) in [5.41, 5.74) is 5.25. The average Bonchev–Trinajstić information content (AvgIpc) is 2.04. The second-order valence-electron chi connectivity index (χ2n) is 3.71. The predicted octanol–water partition coefficient (Wildman–Crippen LogP) is 0.00680. The lowest BCUT2D eigenvalue weighted by molar-refractivity contribution is 0.281. The van der Waals surface area contributed by atoms with Crippen molar-refractivity contribution < 1.29 is 8.42 Å². The van der Waals surface area contributed by atoms with Crippen LogP contribution in [0.4, 0.5) is 0 Å². The highest BCUT2D eigenvalue weighted by molar-refractivity contribution is 7.89. The standard InChI is InChI=1S/C8H18N2O2S/c1-8-3-2-5-10(7-8)13(11,12)6-4-9/h8H,2-7,9H2,1H3/t8-/m0/s1. The minimum atomic E-state index is -3.06. The van der Waals surface area contributed by atoms with Gasteiger partial charge in [0.15, 0.2) is 0 Å². The Labute approximate surface area is 80.1 Å². The first-order chi connectivity index (χ1) is 6.06. The van der Waals surface area contributed by atoms with Crippen LogP contribution < -0.4 is 5.73 Å². The number of nitrogens with two attached hydrogens (primary N) is 1. The molecule has 0 aromatic rings. The molecule has 0 unspecified atom stereocenters. The van der Waals surface area contributed by atoms with Crippen molar-refractivity contribution in [2.45, 2.75) is 19.8 Å². The summed E-state index contributed by atoms with van der Waals surface area (Å²) in [6.45, 7) is 3.65. The van der Waals surface area contributed by atoms with Gasteiger partial charge in [0.2, 0.25) is 10.0 Å². The number of hydrogen-bond donors (Lipinski definition) is 1. The first-order valence-corrected chi connectivity index (χ1v) is 6.35. The van der Waals surface area contributed by atoms with E-state index in [9.17, 15) is 8.42 Å². The molecule has 13 heavy (non-hydrogen) atoms. The van der Waals surface area contributed by atoms with E-state index in [4.69, 9.17) is 5.73 Å². The van der Waals surface area contributed by atoms with Crippen LogP contribution in [-0.2, 0) is 10.0 Å². The SMILES string of the molecule is C[C@H]1CCCN(S(=O)(=O)CCN)C1. The number of sulfonamides is 1. The lowest BCUT2D eigenvalue weighted by Gasteiger charge is -2.29. The van der Waals surface area contributed by atoms with E-state index in [1.807, 2.05) is 0 Å². The van der Waals surface area contributed by atoms with Crippen LogP contribution in [0.25, 0.3) is 0 Å². The minimum Gasteiger partial charge on any atom is -0.329 e. The molecule has 2 N–H and O–H groups in total. The quantitative estimate of drug-likeness (QED) is 0.707. The van der Waals surface area contributed by atoms with Crippen LogP contribution in [0.2, 0.25) is 0 Å². The van der Waals surface area contributed by atoms with E-state index in [-0.39, 0.29) is 12.3 Å². The molecule has 5 heteroatoms. The van der Waals surface area contributed by atoms with Gasteiger partial charge in [-0.1, -0.05) is 6.92 Å². The van der Waals surface area contributed by atoms with Gasteiger partial charge in [-0.25, -0.2) is 12.7 Å². The molecule has 1 aliphatic heterocycles. The Hall–Kier alpha value is -0.130. The fourth-order valence-corrected chi connectivity index (χ4v) is 3.12. The van der Waals surface area contributed by atoms with Gasteiger partial charge in [0.25, 0.3) is 0 Å². The van der Waals surface area contributed by atoms with E-state index in [2.05, 4.69) is 6.92 Å². The summed E-state index contributed by atoms with van der Waals surface area (Å²) >= 11 is 0. The highest BCUT2D eigenvalue weighted by atomic mass is 32.2. The molecule has 0 amide bonds. The first kappa shape index (κ1) is 10.9. The maximum atomic E-state index is 11.6. The topological polar surface area (TPSA) is 63.4 Å². The summed E-state index contributed by atoms with van der Waals surface area (Å²) in [5.74, 6) is 0.570. The van der Waals surface area contributed by atoms with Gasteiger partial charge in [0, 0.05) is 19.6 Å². The molecule has 0 saturated carbocycles. The third kappa shape index (κ3) is 2.93. The van der Waals surface area contributed by atoms with Crippen molar-refractivity contribution >= 4 is 10.0 Å². The van der Waals surface area contributed by atoms with E-state index in [0.29, 0.717) is 19.0 Å². The normalized spacial score (nSPS) is 26.2. The maximum Gasteiger partial charge on any atom is 0.215 e. The average molecular weight is 206 g/mol. The third-order valence-corrected chi connectivity index (χ3v) is 4.26. The van der Waals surface area contributed by atoms with Gasteiger partial charge >= 0.3 is 0 Å². The largest absolute Gasteiger partial charge is 0.329 e. The van der Waals surface area contributed by atoms with Gasteiger partial charge in [0.05, 0.1) is 5.75 Å². The Balaban J connectivity index is 2.60. The predicted molar refractivity (Wildman–Crippen MR) is 52.8 cm³/mol. The van der Waals surface area contributed by atoms with Crippen molar-refractivity contribution in [2.24, 2.45) is 11.7 Å². The first-order valence-electron chi connectivity index (χ1n) is 4.74. The summed E-state index contributed by atoms with van der Waals surface area (Å²) in [4.78, 5) is 0. The molecular formula is C8H18N2O2S. The van der Waals surface area contributed by atoms with Crippen molar-refractivity contribution in [2.75, 3.05) is 25.4 Å². The second kappa shape index (κ2) is 4.39. The second-order valence-corrected chi connectivity index (χ2v) is 5.80. The van der Waals surface area contributed by atoms with Crippen LogP contribution in [-0.4, -0.2) is 38.1 Å². The van der Waals surface area contributed by atoms with E-state index < -0.39 is 10.0 Å². The monoisotopic (exact) mass is 206 g/mol. The summed E-state index contributed by atoms with van der Waals surface area (Å²) in [7, 11) is -3.06. The number of piperidine rings is 1. The Kier molecular flexibility index (Phi) is 3.70. The summed E-state index contributed by atoms with van der Waals surface area (Å²) < 4.78 is 24.7. The number of rotatable bonds is 3. The van der Waals surface area contributed by atoms with Crippen molar-refractivity contribution in [3.05, 3.63) is 0 Å². The van der Waals surface area contributed by atoms with Crippen LogP contribution in [0.1, 0.15) is 19.8 Å². The summed E-state index contributed by atoms with van der Waals surface area (Å²) in [6.07, 6.45) is 2.11. The van der Waals surface area contributed by atoms with Crippen LogP contribution in [0, 0.1) is 5.92 Å². The molecule has 0 aromatic heterocycles. The van der Waals surface area contributed by atoms with Gasteiger partial charge in [-0.05, 0) is 18.8 Å². The molecule has 0 bridgehead atoms. The van der Waals surface area contributed by atoms with E-state index in [1.54, 1.807) is 4.31 Å². The zero-order chi connectivity index (χ0) is 9.90. The van der Waals surface area contributed by atoms with Gasteiger partial charge in [-0.15, -0.1) is 0 Å². The molecule has 1 rings (SSSR count). The van der Waals surface area contributed by atoms with Gasteiger partial charge in [-0.3, -0.25) is 0 Å². The Morgan fingerprint density at radius 3 is 2.77 bits per heavy atom. The molecule has 1 aliphatic rings. The molecule has 1 atom stereocenters. The fourth-order valence-electron chi connectivity index (χ4n) is 1.68. The summed E-state index contributed by atoms with van der Waals surface area (Å²) in [5, 5.41) is 0. The molecule has 0 aromatic carbocycles. The number of nitrogens with zero attached hydrogens (tertiary/aromatic N) is 1. The number of hydrogen-bond acceptors (Lipinski definition) is 3. The van der Waals surface area contributed by atoms with Gasteiger partial charge < -0.3 is 5.73 Å². The van der Waals surface area contributed by atoms with Gasteiger partial charge in [0.1, 0.15) is 0 Å². The zero-order valence-corrected chi connectivity index (χ0v) is 8.89. The summed E-state index contributed by atoms with van der Waals surface area (Å²) in [6, 6.07) is 0. The van der Waals surface area contributed by atoms with E-state index >= 15 is 0 Å². The molecule has 1 heterocycles. The van der Waals surface area contributed by atoms with Gasteiger partial charge in [-0.2, -0.15) is 0 Å². The molecule has 4 nitrogen and oxygen atoms in total. The van der Waals surface area contributed by atoms with Crippen molar-refractivity contribution in [3.63, 3.8) is 0 Å². The van der Waals surface area contributed by atoms with Crippen LogP contribution in [0.15, 0.2) is 0 Å². The lowest BCUT2D eigenvalue weighted by Crippen LogP contribution is -2.41. The molecule has 0 spiro atoms. The van der Waals surface area contributed by atoms with E-state index in [1.165, 1.54) is 0 Å². The maximum absolute atomic E-state index is 11.6. The highest BCUT2D eigenvalue weighted by Gasteiger charge is 2.25. The molecule has 0 aliphatic carbocycles. The fraction of sp³-hybridized carbons (Fsp3) is 1.00. The Bertz CT molecular complexity index is 251. The smallest absolute Gasteiger partial charge is 0.215 e. The lowest BCUT2D eigenvalue weighted by atomic mass is 10.0.